The van der Waals surface area contributed by atoms with Crippen LogP contribution in [0.15, 0.2) is 64.8 Å². The van der Waals surface area contributed by atoms with E-state index in [0.717, 1.165) is 30.0 Å². The van der Waals surface area contributed by atoms with Crippen LogP contribution in [0.4, 0.5) is 11.6 Å². The van der Waals surface area contributed by atoms with Gasteiger partial charge in [0.25, 0.3) is 0 Å². The van der Waals surface area contributed by atoms with E-state index < -0.39 is 0 Å². The van der Waals surface area contributed by atoms with Crippen LogP contribution in [0.1, 0.15) is 23.6 Å². The first-order chi connectivity index (χ1) is 16.5. The molecule has 1 aromatic heterocycles. The number of ether oxygens (including phenoxy) is 2. The van der Waals surface area contributed by atoms with Crippen molar-refractivity contribution in [3.8, 4) is 11.8 Å². The highest BCUT2D eigenvalue weighted by molar-refractivity contribution is 5.72. The Balaban J connectivity index is 1.52. The zero-order valence-electron chi connectivity index (χ0n) is 19.4. The van der Waals surface area contributed by atoms with Crippen LogP contribution >= 0.6 is 0 Å². The van der Waals surface area contributed by atoms with E-state index in [2.05, 4.69) is 49.5 Å². The number of carbonyl (C=O) groups is 1. The third kappa shape index (κ3) is 6.82. The number of anilines is 1. The molecule has 176 valence electrons. The summed E-state index contributed by atoms with van der Waals surface area (Å²) in [7, 11) is 0. The van der Waals surface area contributed by atoms with E-state index in [0.29, 0.717) is 37.9 Å². The first kappa shape index (κ1) is 23.3. The molecule has 1 saturated heterocycles. The smallest absolute Gasteiger partial charge is 0.326 e. The van der Waals surface area contributed by atoms with Crippen LogP contribution in [0.3, 0.4) is 0 Å². The third-order valence-electron chi connectivity index (χ3n) is 5.20. The van der Waals surface area contributed by atoms with Crippen LogP contribution in [0.2, 0.25) is 0 Å². The fourth-order valence-corrected chi connectivity index (χ4v) is 3.46. The highest BCUT2D eigenvalue weighted by Gasteiger charge is 2.16. The van der Waals surface area contributed by atoms with Gasteiger partial charge >= 0.3 is 6.01 Å². The maximum atomic E-state index is 11.1. The lowest BCUT2D eigenvalue weighted by molar-refractivity contribution is -0.119. The number of rotatable bonds is 8. The molecular formula is C25H28N6O3. The lowest BCUT2D eigenvalue weighted by Crippen LogP contribution is -2.36. The summed E-state index contributed by atoms with van der Waals surface area (Å²) in [6.45, 7) is 7.21. The molecule has 3 aromatic rings. The van der Waals surface area contributed by atoms with Crippen molar-refractivity contribution in [2.45, 2.75) is 26.9 Å². The minimum Gasteiger partial charge on any atom is -0.424 e. The molecule has 0 atom stereocenters. The Bertz CT molecular complexity index is 1140. The molecule has 1 fully saturated rings. The van der Waals surface area contributed by atoms with Crippen molar-refractivity contribution in [2.75, 3.05) is 31.2 Å². The van der Waals surface area contributed by atoms with Crippen molar-refractivity contribution in [1.29, 1.82) is 0 Å². The summed E-state index contributed by atoms with van der Waals surface area (Å²) in [4.78, 5) is 22.3. The van der Waals surface area contributed by atoms with Gasteiger partial charge in [0, 0.05) is 32.6 Å². The average molecular weight is 461 g/mol. The van der Waals surface area contributed by atoms with Gasteiger partial charge in [-0.1, -0.05) is 42.0 Å². The summed E-state index contributed by atoms with van der Waals surface area (Å²) in [5, 5.41) is 11.4. The van der Waals surface area contributed by atoms with Crippen LogP contribution in [-0.4, -0.2) is 42.2 Å². The Hall–Kier alpha value is -3.85. The monoisotopic (exact) mass is 460 g/mol. The largest absolute Gasteiger partial charge is 0.424 e. The van der Waals surface area contributed by atoms with Crippen LogP contribution in [0.5, 0.6) is 11.8 Å². The molecule has 4 rings (SSSR count). The molecule has 0 saturated carbocycles. The number of nitrogens with one attached hydrogen (secondary N) is 1. The van der Waals surface area contributed by atoms with E-state index >= 15 is 0 Å². The van der Waals surface area contributed by atoms with E-state index in [-0.39, 0.29) is 11.9 Å². The van der Waals surface area contributed by atoms with Gasteiger partial charge < -0.3 is 19.7 Å². The number of hydrogen-bond acceptors (Lipinski definition) is 8. The first-order valence-corrected chi connectivity index (χ1v) is 11.2. The molecule has 2 heterocycles. The quantitative estimate of drug-likeness (QED) is 0.502. The van der Waals surface area contributed by atoms with E-state index in [1.54, 1.807) is 0 Å². The minimum absolute atomic E-state index is 0.0715. The van der Waals surface area contributed by atoms with Crippen molar-refractivity contribution < 1.29 is 14.3 Å². The summed E-state index contributed by atoms with van der Waals surface area (Å²) in [5.74, 6) is 1.67. The SMILES string of the molecule is CC(=O)NCc1ccc(Oc2nc(N=NCc3cccc(C)c3)cc(N3CCOCC3)n2)cc1. The normalized spacial score (nSPS) is 13.8. The molecule has 1 aliphatic heterocycles. The standard InChI is InChI=1S/C25H28N6O3/c1-18-4-3-5-21(14-18)17-27-30-23-15-24(31-10-12-33-13-11-31)29-25(28-23)34-22-8-6-20(7-9-22)16-26-19(2)32/h3-9,14-15H,10-13,16-17H2,1-2H3,(H,26,32). The summed E-state index contributed by atoms with van der Waals surface area (Å²) in [5.41, 5.74) is 3.24. The predicted octanol–water partition coefficient (Wildman–Crippen LogP) is 4.33. The van der Waals surface area contributed by atoms with Crippen LogP contribution in [-0.2, 0) is 22.6 Å². The number of hydrogen-bond donors (Lipinski definition) is 1. The molecule has 0 radical (unpaired) electrons. The summed E-state index contributed by atoms with van der Waals surface area (Å²) < 4.78 is 11.4. The fraction of sp³-hybridized carbons (Fsp3) is 0.320. The van der Waals surface area contributed by atoms with Gasteiger partial charge in [-0.3, -0.25) is 4.79 Å². The molecule has 0 spiro atoms. The molecular weight excluding hydrogens is 432 g/mol. The molecule has 1 aliphatic rings. The Kier molecular flexibility index (Phi) is 7.77. The maximum Gasteiger partial charge on any atom is 0.326 e. The molecule has 1 amide bonds. The number of amides is 1. The summed E-state index contributed by atoms with van der Waals surface area (Å²) in [6, 6.07) is 17.6. The van der Waals surface area contributed by atoms with Crippen molar-refractivity contribution in [1.82, 2.24) is 15.3 Å². The van der Waals surface area contributed by atoms with Gasteiger partial charge in [0.2, 0.25) is 5.91 Å². The lowest BCUT2D eigenvalue weighted by atomic mass is 10.1. The van der Waals surface area contributed by atoms with Gasteiger partial charge in [-0.05, 0) is 30.2 Å². The summed E-state index contributed by atoms with van der Waals surface area (Å²) in [6.07, 6.45) is 0. The number of aromatic nitrogens is 2. The predicted molar refractivity (Wildman–Crippen MR) is 128 cm³/mol. The van der Waals surface area contributed by atoms with Crippen molar-refractivity contribution in [3.05, 3.63) is 71.3 Å². The molecule has 0 aliphatic carbocycles. The van der Waals surface area contributed by atoms with E-state index in [4.69, 9.17) is 9.47 Å². The highest BCUT2D eigenvalue weighted by atomic mass is 16.5. The molecule has 34 heavy (non-hydrogen) atoms. The fourth-order valence-electron chi connectivity index (χ4n) is 3.46. The topological polar surface area (TPSA) is 101 Å². The van der Waals surface area contributed by atoms with Crippen molar-refractivity contribution >= 4 is 17.5 Å². The zero-order chi connectivity index (χ0) is 23.8. The summed E-state index contributed by atoms with van der Waals surface area (Å²) >= 11 is 0. The number of carbonyl (C=O) groups excluding carboxylic acids is 1. The second-order valence-electron chi connectivity index (χ2n) is 8.01. The third-order valence-corrected chi connectivity index (χ3v) is 5.20. The Morgan fingerprint density at radius 2 is 1.88 bits per heavy atom. The Morgan fingerprint density at radius 1 is 1.09 bits per heavy atom. The molecule has 2 aromatic carbocycles. The Morgan fingerprint density at radius 3 is 2.62 bits per heavy atom. The lowest BCUT2D eigenvalue weighted by Gasteiger charge is -2.27. The van der Waals surface area contributed by atoms with Gasteiger partial charge in [-0.15, -0.1) is 5.11 Å². The number of aryl methyl sites for hydroxylation is 1. The van der Waals surface area contributed by atoms with Gasteiger partial charge in [0.1, 0.15) is 11.6 Å². The number of nitrogens with zero attached hydrogens (tertiary/aromatic N) is 5. The molecule has 1 N–H and O–H groups in total. The van der Waals surface area contributed by atoms with Crippen molar-refractivity contribution in [2.24, 2.45) is 10.2 Å². The molecule has 9 heteroatoms. The van der Waals surface area contributed by atoms with E-state index in [9.17, 15) is 4.79 Å². The van der Waals surface area contributed by atoms with Gasteiger partial charge in [0.05, 0.1) is 19.8 Å². The number of morpholine rings is 1. The van der Waals surface area contributed by atoms with E-state index in [1.165, 1.54) is 12.5 Å². The zero-order valence-corrected chi connectivity index (χ0v) is 19.4. The molecule has 0 unspecified atom stereocenters. The Labute approximate surface area is 198 Å². The first-order valence-electron chi connectivity index (χ1n) is 11.2. The van der Waals surface area contributed by atoms with Crippen LogP contribution < -0.4 is 15.0 Å². The number of benzene rings is 2. The van der Waals surface area contributed by atoms with Gasteiger partial charge in [-0.25, -0.2) is 0 Å². The van der Waals surface area contributed by atoms with Gasteiger partial charge in [-0.2, -0.15) is 15.1 Å². The van der Waals surface area contributed by atoms with Crippen LogP contribution in [0, 0.1) is 6.92 Å². The number of azo groups is 1. The second-order valence-corrected chi connectivity index (χ2v) is 8.01. The van der Waals surface area contributed by atoms with Gasteiger partial charge in [0.15, 0.2) is 5.82 Å². The van der Waals surface area contributed by atoms with Crippen molar-refractivity contribution in [3.63, 3.8) is 0 Å². The highest BCUT2D eigenvalue weighted by Crippen LogP contribution is 2.26. The van der Waals surface area contributed by atoms with Crippen LogP contribution in [0.25, 0.3) is 0 Å². The second kappa shape index (κ2) is 11.3. The maximum absolute atomic E-state index is 11.1. The molecule has 0 bridgehead atoms. The minimum atomic E-state index is -0.0715. The van der Waals surface area contributed by atoms with E-state index in [1.807, 2.05) is 42.5 Å². The molecule has 9 nitrogen and oxygen atoms in total. The average Bonchev–Trinajstić information content (AvgIpc) is 2.84.